The van der Waals surface area contributed by atoms with Crippen LogP contribution >= 0.6 is 15.9 Å². The third-order valence-electron chi connectivity index (χ3n) is 4.06. The lowest BCUT2D eigenvalue weighted by atomic mass is 9.92. The van der Waals surface area contributed by atoms with Gasteiger partial charge in [-0.15, -0.1) is 0 Å². The highest BCUT2D eigenvalue weighted by Gasteiger charge is 2.21. The van der Waals surface area contributed by atoms with E-state index >= 15 is 0 Å². The summed E-state index contributed by atoms with van der Waals surface area (Å²) in [6.07, 6.45) is 5.44. The monoisotopic (exact) mass is 345 g/mol. The van der Waals surface area contributed by atoms with Gasteiger partial charge in [-0.05, 0) is 44.4 Å². The quantitative estimate of drug-likeness (QED) is 0.905. The van der Waals surface area contributed by atoms with Crippen molar-refractivity contribution in [2.75, 3.05) is 6.54 Å². The maximum Gasteiger partial charge on any atom is 0.159 e. The lowest BCUT2D eigenvalue weighted by Crippen LogP contribution is -2.25. The van der Waals surface area contributed by atoms with Crippen LogP contribution in [0.25, 0.3) is 11.4 Å². The summed E-state index contributed by atoms with van der Waals surface area (Å²) in [7, 11) is 0. The van der Waals surface area contributed by atoms with Gasteiger partial charge in [-0.25, -0.2) is 9.97 Å². The molecule has 0 spiro atoms. The van der Waals surface area contributed by atoms with Gasteiger partial charge < -0.3 is 5.32 Å². The Labute approximate surface area is 134 Å². The molecule has 0 radical (unpaired) electrons. The zero-order valence-electron chi connectivity index (χ0n) is 12.5. The fraction of sp³-hybridized carbons (Fsp3) is 0.412. The van der Waals surface area contributed by atoms with Crippen molar-refractivity contribution in [3.05, 3.63) is 45.7 Å². The van der Waals surface area contributed by atoms with Crippen molar-refractivity contribution in [1.82, 2.24) is 15.3 Å². The summed E-state index contributed by atoms with van der Waals surface area (Å²) in [5.41, 5.74) is 4.77. The second-order valence-corrected chi connectivity index (χ2v) is 6.42. The van der Waals surface area contributed by atoms with E-state index in [4.69, 9.17) is 4.98 Å². The van der Waals surface area contributed by atoms with E-state index in [1.807, 2.05) is 6.20 Å². The van der Waals surface area contributed by atoms with Crippen LogP contribution in [-0.2, 0) is 6.42 Å². The molecule has 1 aromatic heterocycles. The summed E-state index contributed by atoms with van der Waals surface area (Å²) in [5.74, 6) is 0.826. The number of nitrogens with zero attached hydrogens (tertiary/aromatic N) is 2. The number of aromatic nitrogens is 2. The predicted octanol–water partition coefficient (Wildman–Crippen LogP) is 4.20. The van der Waals surface area contributed by atoms with Crippen molar-refractivity contribution in [2.24, 2.45) is 0 Å². The van der Waals surface area contributed by atoms with Gasteiger partial charge in [0.2, 0.25) is 0 Å². The largest absolute Gasteiger partial charge is 0.310 e. The molecule has 110 valence electrons. The van der Waals surface area contributed by atoms with Crippen LogP contribution in [0.5, 0.6) is 0 Å². The van der Waals surface area contributed by atoms with E-state index in [0.717, 1.165) is 28.8 Å². The van der Waals surface area contributed by atoms with Crippen LogP contribution in [0.1, 0.15) is 42.6 Å². The first kappa shape index (κ1) is 14.7. The lowest BCUT2D eigenvalue weighted by molar-refractivity contribution is 0.464. The zero-order valence-corrected chi connectivity index (χ0v) is 14.1. The van der Waals surface area contributed by atoms with Crippen LogP contribution in [-0.4, -0.2) is 16.5 Å². The Morgan fingerprint density at radius 3 is 3.00 bits per heavy atom. The number of benzene rings is 1. The van der Waals surface area contributed by atoms with E-state index in [9.17, 15) is 0 Å². The molecule has 0 aliphatic heterocycles. The summed E-state index contributed by atoms with van der Waals surface area (Å²) >= 11 is 3.58. The highest BCUT2D eigenvalue weighted by molar-refractivity contribution is 9.10. The maximum atomic E-state index is 4.81. The molecule has 4 heteroatoms. The first-order valence-corrected chi connectivity index (χ1v) is 8.34. The van der Waals surface area contributed by atoms with Gasteiger partial charge in [-0.2, -0.15) is 0 Å². The van der Waals surface area contributed by atoms with Gasteiger partial charge in [0.15, 0.2) is 5.82 Å². The topological polar surface area (TPSA) is 37.8 Å². The average Bonchev–Trinajstić information content (AvgIpc) is 2.50. The molecule has 2 aromatic rings. The number of hydrogen-bond donors (Lipinski definition) is 1. The van der Waals surface area contributed by atoms with Gasteiger partial charge in [0.05, 0.1) is 0 Å². The van der Waals surface area contributed by atoms with Crippen molar-refractivity contribution in [3.8, 4) is 11.4 Å². The van der Waals surface area contributed by atoms with E-state index in [-0.39, 0.29) is 0 Å². The first-order valence-electron chi connectivity index (χ1n) is 7.54. The molecule has 1 aliphatic carbocycles. The summed E-state index contributed by atoms with van der Waals surface area (Å²) in [5, 5.41) is 3.53. The molecular formula is C17H20BrN3. The Bertz CT molecular complexity index is 654. The molecule has 0 bridgehead atoms. The summed E-state index contributed by atoms with van der Waals surface area (Å²) in [4.78, 5) is 9.41. The highest BCUT2D eigenvalue weighted by atomic mass is 79.9. The van der Waals surface area contributed by atoms with Crippen LogP contribution in [0.3, 0.4) is 0 Å². The molecule has 3 rings (SSSR count). The molecule has 0 amide bonds. The summed E-state index contributed by atoms with van der Waals surface area (Å²) in [6.45, 7) is 5.21. The molecule has 1 atom stereocenters. The van der Waals surface area contributed by atoms with Crippen LogP contribution in [0.15, 0.2) is 28.9 Å². The molecule has 21 heavy (non-hydrogen) atoms. The lowest BCUT2D eigenvalue weighted by Gasteiger charge is -2.25. The second kappa shape index (κ2) is 6.24. The minimum Gasteiger partial charge on any atom is -0.310 e. The summed E-state index contributed by atoms with van der Waals surface area (Å²) in [6, 6.07) is 6.70. The Morgan fingerprint density at radius 1 is 1.38 bits per heavy atom. The zero-order chi connectivity index (χ0) is 14.8. The second-order valence-electron chi connectivity index (χ2n) is 5.56. The molecule has 1 heterocycles. The van der Waals surface area contributed by atoms with E-state index in [1.165, 1.54) is 29.7 Å². The first-order chi connectivity index (χ1) is 10.2. The van der Waals surface area contributed by atoms with Crippen LogP contribution in [0, 0.1) is 6.92 Å². The molecule has 1 aromatic carbocycles. The third-order valence-corrected chi connectivity index (χ3v) is 4.92. The van der Waals surface area contributed by atoms with Crippen molar-refractivity contribution in [2.45, 2.75) is 39.2 Å². The Kier molecular flexibility index (Phi) is 4.36. The number of rotatable bonds is 3. The van der Waals surface area contributed by atoms with E-state index in [2.05, 4.69) is 58.3 Å². The normalized spacial score (nSPS) is 17.6. The number of fused-ring (bicyclic) bond motifs is 1. The smallest absolute Gasteiger partial charge is 0.159 e. The summed E-state index contributed by atoms with van der Waals surface area (Å²) < 4.78 is 1.10. The van der Waals surface area contributed by atoms with Crippen molar-refractivity contribution >= 4 is 15.9 Å². The Morgan fingerprint density at radius 2 is 2.24 bits per heavy atom. The number of aryl methyl sites for hydroxylation is 2. The standard InChI is InChI=1S/C17H20BrN3/c1-3-19-15-5-4-6-16-13(15)10-20-17(21-16)12-8-7-11(2)14(18)9-12/h7-10,15,19H,3-6H2,1-2H3. The van der Waals surface area contributed by atoms with Gasteiger partial charge >= 0.3 is 0 Å². The van der Waals surface area contributed by atoms with Gasteiger partial charge in [0.1, 0.15) is 0 Å². The number of nitrogens with one attached hydrogen (secondary N) is 1. The highest BCUT2D eigenvalue weighted by Crippen LogP contribution is 2.30. The van der Waals surface area contributed by atoms with E-state index in [1.54, 1.807) is 0 Å². The fourth-order valence-corrected chi connectivity index (χ4v) is 3.26. The van der Waals surface area contributed by atoms with Crippen molar-refractivity contribution in [1.29, 1.82) is 0 Å². The van der Waals surface area contributed by atoms with Gasteiger partial charge in [-0.1, -0.05) is 35.0 Å². The van der Waals surface area contributed by atoms with E-state index in [0.29, 0.717) is 6.04 Å². The third kappa shape index (κ3) is 3.01. The van der Waals surface area contributed by atoms with Crippen LogP contribution in [0.2, 0.25) is 0 Å². The average molecular weight is 346 g/mol. The van der Waals surface area contributed by atoms with Crippen molar-refractivity contribution < 1.29 is 0 Å². The molecule has 0 saturated heterocycles. The molecule has 0 fully saturated rings. The maximum absolute atomic E-state index is 4.81. The number of hydrogen-bond acceptors (Lipinski definition) is 3. The fourth-order valence-electron chi connectivity index (χ4n) is 2.88. The van der Waals surface area contributed by atoms with Crippen LogP contribution in [0.4, 0.5) is 0 Å². The molecule has 1 aliphatic rings. The Balaban J connectivity index is 1.97. The molecule has 0 saturated carbocycles. The van der Waals surface area contributed by atoms with Crippen LogP contribution < -0.4 is 5.32 Å². The predicted molar refractivity (Wildman–Crippen MR) is 89.3 cm³/mol. The molecule has 1 unspecified atom stereocenters. The molecule has 3 nitrogen and oxygen atoms in total. The van der Waals surface area contributed by atoms with Gasteiger partial charge in [0.25, 0.3) is 0 Å². The van der Waals surface area contributed by atoms with Crippen molar-refractivity contribution in [3.63, 3.8) is 0 Å². The minimum atomic E-state index is 0.414. The van der Waals surface area contributed by atoms with Gasteiger partial charge in [0, 0.05) is 33.5 Å². The molecular weight excluding hydrogens is 326 g/mol. The Hall–Kier alpha value is -1.26. The molecule has 1 N–H and O–H groups in total. The SMILES string of the molecule is CCNC1CCCc2nc(-c3ccc(C)c(Br)c3)ncc21. The van der Waals surface area contributed by atoms with Gasteiger partial charge in [-0.3, -0.25) is 0 Å². The minimum absolute atomic E-state index is 0.414. The number of halogens is 1. The van der Waals surface area contributed by atoms with E-state index < -0.39 is 0 Å².